The van der Waals surface area contributed by atoms with Crippen LogP contribution in [0.25, 0.3) is 0 Å². The smallest absolute Gasteiger partial charge is 0.408 e. The van der Waals surface area contributed by atoms with Crippen molar-refractivity contribution in [3.8, 4) is 11.5 Å². The Kier molecular flexibility index (Phi) is 10.7. The van der Waals surface area contributed by atoms with E-state index >= 15 is 0 Å². The van der Waals surface area contributed by atoms with Gasteiger partial charge in [0, 0.05) is 15.6 Å². The third-order valence-corrected chi connectivity index (χ3v) is 5.03. The van der Waals surface area contributed by atoms with Crippen LogP contribution in [0, 0.1) is 3.57 Å². The minimum absolute atomic E-state index is 0.214. The van der Waals surface area contributed by atoms with Gasteiger partial charge in [0.25, 0.3) is 0 Å². The molecule has 0 saturated heterocycles. The third kappa shape index (κ3) is 11.0. The fraction of sp³-hybridized carbons (Fsp3) is 0.222. The van der Waals surface area contributed by atoms with Gasteiger partial charge in [0.05, 0.1) is 0 Å². The number of benzene rings is 3. The zero-order valence-electron chi connectivity index (χ0n) is 19.7. The molecule has 0 radical (unpaired) electrons. The molecule has 0 spiro atoms. The maximum atomic E-state index is 11.6. The highest BCUT2D eigenvalue weighted by Crippen LogP contribution is 2.21. The van der Waals surface area contributed by atoms with Crippen LogP contribution in [0.5, 0.6) is 11.5 Å². The molecular weight excluding hydrogens is 561 g/mol. The summed E-state index contributed by atoms with van der Waals surface area (Å²) in [4.78, 5) is 33.4. The summed E-state index contributed by atoms with van der Waals surface area (Å²) in [5.41, 5.74) is 0.799. The van der Waals surface area contributed by atoms with Gasteiger partial charge in [0.2, 0.25) is 0 Å². The zero-order chi connectivity index (χ0) is 25.8. The molecule has 184 valence electrons. The van der Waals surface area contributed by atoms with E-state index in [2.05, 4.69) is 27.9 Å². The van der Waals surface area contributed by atoms with Gasteiger partial charge in [-0.05, 0) is 85.3 Å². The van der Waals surface area contributed by atoms with Crippen molar-refractivity contribution in [1.82, 2.24) is 5.32 Å². The first-order chi connectivity index (χ1) is 16.6. The highest BCUT2D eigenvalue weighted by atomic mass is 127. The monoisotopic (exact) mass is 589 g/mol. The molecule has 2 N–H and O–H groups in total. The van der Waals surface area contributed by atoms with E-state index in [4.69, 9.17) is 14.6 Å². The fourth-order valence-electron chi connectivity index (χ4n) is 2.78. The summed E-state index contributed by atoms with van der Waals surface area (Å²) < 4.78 is 11.7. The molecule has 0 aliphatic carbocycles. The minimum Gasteiger partial charge on any atom is -0.480 e. The zero-order valence-corrected chi connectivity index (χ0v) is 21.9. The number of carboxylic acid groups (broad SMARTS) is 1. The molecule has 0 heterocycles. The molecule has 35 heavy (non-hydrogen) atoms. The molecule has 0 aliphatic heterocycles. The number of amides is 1. The van der Waals surface area contributed by atoms with E-state index in [1.807, 2.05) is 60.7 Å². The highest BCUT2D eigenvalue weighted by Gasteiger charge is 2.24. The summed E-state index contributed by atoms with van der Waals surface area (Å²) in [6.45, 7) is 5.17. The SMILES string of the molecule is CC(C)(C)OC(=O)N[C@@H](Cc1ccc(I)cc1)C(=O)O.O=Cc1cccc(Oc2ccccc2)c1. The lowest BCUT2D eigenvalue weighted by molar-refractivity contribution is -0.139. The second-order valence-electron chi connectivity index (χ2n) is 8.47. The number of halogens is 1. The van der Waals surface area contributed by atoms with Crippen molar-refractivity contribution in [3.63, 3.8) is 0 Å². The molecule has 3 aromatic rings. The van der Waals surface area contributed by atoms with Crippen molar-refractivity contribution >= 4 is 40.9 Å². The Bertz CT molecular complexity index is 1110. The van der Waals surface area contributed by atoms with Gasteiger partial charge in [-0.15, -0.1) is 0 Å². The summed E-state index contributed by atoms with van der Waals surface area (Å²) in [6.07, 6.45) is 0.291. The van der Waals surface area contributed by atoms with Gasteiger partial charge in [0.1, 0.15) is 29.4 Å². The summed E-state index contributed by atoms with van der Waals surface area (Å²) in [5, 5.41) is 11.5. The molecule has 8 heteroatoms. The standard InChI is InChI=1S/C14H18INO4.C13H10O2/c1-14(2,3)20-13(19)16-11(12(17)18)8-9-4-6-10(15)7-5-9;14-10-11-5-4-8-13(9-11)15-12-6-2-1-3-7-12/h4-7,11H,8H2,1-3H3,(H,16,19)(H,17,18);1-10H/t11-;/m0./s1. The van der Waals surface area contributed by atoms with Crippen LogP contribution in [0.1, 0.15) is 36.7 Å². The lowest BCUT2D eigenvalue weighted by Gasteiger charge is -2.22. The summed E-state index contributed by atoms with van der Waals surface area (Å²) >= 11 is 2.17. The third-order valence-electron chi connectivity index (χ3n) is 4.32. The van der Waals surface area contributed by atoms with Crippen LogP contribution < -0.4 is 10.1 Å². The van der Waals surface area contributed by atoms with E-state index in [9.17, 15) is 14.4 Å². The Morgan fingerprint density at radius 3 is 2.17 bits per heavy atom. The number of ether oxygens (including phenoxy) is 2. The van der Waals surface area contributed by atoms with E-state index < -0.39 is 23.7 Å². The number of hydrogen-bond donors (Lipinski definition) is 2. The largest absolute Gasteiger partial charge is 0.480 e. The lowest BCUT2D eigenvalue weighted by atomic mass is 10.1. The maximum Gasteiger partial charge on any atom is 0.408 e. The number of aliphatic carboxylic acids is 1. The first-order valence-electron chi connectivity index (χ1n) is 10.8. The van der Waals surface area contributed by atoms with E-state index in [0.717, 1.165) is 21.2 Å². The Hall–Kier alpha value is -3.40. The summed E-state index contributed by atoms with van der Waals surface area (Å²) in [7, 11) is 0. The molecule has 1 atom stereocenters. The second-order valence-corrected chi connectivity index (χ2v) is 9.72. The average molecular weight is 589 g/mol. The first kappa shape index (κ1) is 27.8. The van der Waals surface area contributed by atoms with E-state index in [1.165, 1.54) is 0 Å². The number of carboxylic acids is 1. The molecule has 0 bridgehead atoms. The van der Waals surface area contributed by atoms with Gasteiger partial charge in [-0.2, -0.15) is 0 Å². The van der Waals surface area contributed by atoms with Gasteiger partial charge in [-0.1, -0.05) is 42.5 Å². The number of nitrogens with one attached hydrogen (secondary N) is 1. The molecule has 7 nitrogen and oxygen atoms in total. The number of carbonyl (C=O) groups excluding carboxylic acids is 2. The van der Waals surface area contributed by atoms with E-state index in [1.54, 1.807) is 39.0 Å². The Morgan fingerprint density at radius 1 is 0.971 bits per heavy atom. The lowest BCUT2D eigenvalue weighted by Crippen LogP contribution is -2.44. The predicted octanol–water partition coefficient (Wildman–Crippen LogP) is 6.10. The van der Waals surface area contributed by atoms with Gasteiger partial charge in [0.15, 0.2) is 0 Å². The van der Waals surface area contributed by atoms with Crippen molar-refractivity contribution in [2.45, 2.75) is 38.8 Å². The van der Waals surface area contributed by atoms with Gasteiger partial charge >= 0.3 is 12.1 Å². The molecule has 0 fully saturated rings. The highest BCUT2D eigenvalue weighted by molar-refractivity contribution is 14.1. The Balaban J connectivity index is 0.000000256. The number of hydrogen-bond acceptors (Lipinski definition) is 5. The van der Waals surface area contributed by atoms with E-state index in [0.29, 0.717) is 11.3 Å². The molecule has 1 amide bonds. The van der Waals surface area contributed by atoms with Gasteiger partial charge < -0.3 is 19.9 Å². The maximum absolute atomic E-state index is 11.6. The quantitative estimate of drug-likeness (QED) is 0.255. The molecule has 3 rings (SSSR count). The van der Waals surface area contributed by atoms with Crippen molar-refractivity contribution in [1.29, 1.82) is 0 Å². The molecule has 3 aromatic carbocycles. The van der Waals surface area contributed by atoms with Crippen LogP contribution in [-0.4, -0.2) is 35.1 Å². The van der Waals surface area contributed by atoms with Crippen molar-refractivity contribution in [2.75, 3.05) is 0 Å². The van der Waals surface area contributed by atoms with Crippen LogP contribution >= 0.6 is 22.6 Å². The number of alkyl carbamates (subject to hydrolysis) is 1. The normalized spacial score (nSPS) is 11.3. The Morgan fingerprint density at radius 2 is 1.60 bits per heavy atom. The number of carbonyl (C=O) groups is 3. The molecule has 0 aliphatic rings. The molecule has 0 saturated carbocycles. The van der Waals surface area contributed by atoms with Gasteiger partial charge in [-0.25, -0.2) is 9.59 Å². The molecule has 0 aromatic heterocycles. The topological polar surface area (TPSA) is 102 Å². The van der Waals surface area contributed by atoms with Crippen LogP contribution in [0.3, 0.4) is 0 Å². The summed E-state index contributed by atoms with van der Waals surface area (Å²) in [5.74, 6) is 0.348. The number of rotatable bonds is 7. The van der Waals surface area contributed by atoms with Crippen molar-refractivity contribution in [3.05, 3.63) is 93.6 Å². The van der Waals surface area contributed by atoms with E-state index in [-0.39, 0.29) is 6.42 Å². The number of aldehydes is 1. The first-order valence-corrected chi connectivity index (χ1v) is 11.9. The van der Waals surface area contributed by atoms with Crippen LogP contribution in [-0.2, 0) is 16.0 Å². The van der Waals surface area contributed by atoms with Crippen molar-refractivity contribution in [2.24, 2.45) is 0 Å². The average Bonchev–Trinajstić information content (AvgIpc) is 2.80. The Labute approximate surface area is 218 Å². The fourth-order valence-corrected chi connectivity index (χ4v) is 3.14. The van der Waals surface area contributed by atoms with Crippen LogP contribution in [0.15, 0.2) is 78.9 Å². The van der Waals surface area contributed by atoms with Crippen LogP contribution in [0.2, 0.25) is 0 Å². The van der Waals surface area contributed by atoms with Crippen LogP contribution in [0.4, 0.5) is 4.79 Å². The van der Waals surface area contributed by atoms with Crippen molar-refractivity contribution < 1.29 is 29.0 Å². The predicted molar refractivity (Wildman–Crippen MR) is 142 cm³/mol. The van der Waals surface area contributed by atoms with Gasteiger partial charge in [-0.3, -0.25) is 4.79 Å². The molecular formula is C27H28INO6. The number of para-hydroxylation sites is 1. The second kappa shape index (κ2) is 13.5. The molecule has 0 unspecified atom stereocenters. The minimum atomic E-state index is -1.09. The summed E-state index contributed by atoms with van der Waals surface area (Å²) in [6, 6.07) is 23.0.